The van der Waals surface area contributed by atoms with E-state index in [1.165, 1.54) is 0 Å². The van der Waals surface area contributed by atoms with Gasteiger partial charge in [0.15, 0.2) is 0 Å². The number of nitriles is 1. The maximum absolute atomic E-state index is 12.0. The Morgan fingerprint density at radius 1 is 1.29 bits per heavy atom. The van der Waals surface area contributed by atoms with Gasteiger partial charge in [0, 0.05) is 24.5 Å². The molecule has 1 aromatic carbocycles. The quantitative estimate of drug-likeness (QED) is 0.807. The molecule has 1 fully saturated rings. The van der Waals surface area contributed by atoms with E-state index in [9.17, 15) is 10.1 Å². The van der Waals surface area contributed by atoms with Crippen molar-refractivity contribution in [2.75, 3.05) is 31.2 Å². The summed E-state index contributed by atoms with van der Waals surface area (Å²) in [5, 5.41) is 13.6. The summed E-state index contributed by atoms with van der Waals surface area (Å²) in [5.41, 5.74) is 3.15. The van der Waals surface area contributed by atoms with Gasteiger partial charge in [-0.2, -0.15) is 5.26 Å². The molecule has 2 aliphatic rings. The number of ether oxygens (including phenoxy) is 2. The van der Waals surface area contributed by atoms with Gasteiger partial charge in [-0.25, -0.2) is 9.78 Å². The highest BCUT2D eigenvalue weighted by atomic mass is 16.6. The van der Waals surface area contributed by atoms with E-state index in [0.717, 1.165) is 53.8 Å². The highest BCUT2D eigenvalue weighted by molar-refractivity contribution is 5.90. The largest absolute Gasteiger partial charge is 0.444 e. The summed E-state index contributed by atoms with van der Waals surface area (Å²) in [7, 11) is 0. The predicted octanol–water partition coefficient (Wildman–Crippen LogP) is 4.01. The van der Waals surface area contributed by atoms with Gasteiger partial charge in [0.25, 0.3) is 0 Å². The van der Waals surface area contributed by atoms with Crippen molar-refractivity contribution in [3.05, 3.63) is 41.5 Å². The third-order valence-electron chi connectivity index (χ3n) is 5.53. The van der Waals surface area contributed by atoms with Crippen LogP contribution in [-0.2, 0) is 9.47 Å². The number of pyridine rings is 1. The van der Waals surface area contributed by atoms with E-state index in [4.69, 9.17) is 14.5 Å². The van der Waals surface area contributed by atoms with Crippen LogP contribution in [0.15, 0.2) is 30.3 Å². The van der Waals surface area contributed by atoms with Crippen LogP contribution in [0.1, 0.15) is 44.7 Å². The number of benzene rings is 1. The van der Waals surface area contributed by atoms with Crippen molar-refractivity contribution >= 4 is 28.4 Å². The molecule has 1 saturated heterocycles. The van der Waals surface area contributed by atoms with Gasteiger partial charge < -0.3 is 19.7 Å². The Labute approximate surface area is 182 Å². The smallest absolute Gasteiger partial charge is 0.407 e. The van der Waals surface area contributed by atoms with Crippen LogP contribution in [0.2, 0.25) is 0 Å². The molecule has 0 spiro atoms. The number of piperidine rings is 1. The van der Waals surface area contributed by atoms with Crippen LogP contribution in [0, 0.1) is 11.3 Å². The highest BCUT2D eigenvalue weighted by Gasteiger charge is 2.25. The standard InChI is InChI=1S/C24H28N4O3/c1-24(2,3)31-23(29)26-19-6-9-28(10-7-19)22-13-18(14-25)20-12-16(4-5-21(20)27-22)17-8-11-30-15-17/h4-5,8,12-13,19H,6-7,9-11,15H2,1-3H3,(H,26,29). The number of nitrogens with one attached hydrogen (secondary N) is 1. The van der Waals surface area contributed by atoms with Gasteiger partial charge in [0.1, 0.15) is 11.4 Å². The first kappa shape index (κ1) is 21.1. The fourth-order valence-electron chi connectivity index (χ4n) is 3.98. The monoisotopic (exact) mass is 420 g/mol. The van der Waals surface area contributed by atoms with Crippen LogP contribution in [0.5, 0.6) is 0 Å². The van der Waals surface area contributed by atoms with Crippen LogP contribution >= 0.6 is 0 Å². The zero-order chi connectivity index (χ0) is 22.0. The Bertz CT molecular complexity index is 1060. The Morgan fingerprint density at radius 3 is 2.71 bits per heavy atom. The van der Waals surface area contributed by atoms with Gasteiger partial charge in [-0.15, -0.1) is 0 Å². The second-order valence-electron chi connectivity index (χ2n) is 9.02. The summed E-state index contributed by atoms with van der Waals surface area (Å²) in [6, 6.07) is 10.3. The van der Waals surface area contributed by atoms with Crippen LogP contribution in [0.4, 0.5) is 10.6 Å². The third kappa shape index (κ3) is 4.97. The number of nitrogens with zero attached hydrogens (tertiary/aromatic N) is 3. The molecular weight excluding hydrogens is 392 g/mol. The summed E-state index contributed by atoms with van der Waals surface area (Å²) in [5.74, 6) is 0.802. The Hall–Kier alpha value is -3.11. The zero-order valence-electron chi connectivity index (χ0n) is 18.3. The Kier molecular flexibility index (Phi) is 5.84. The first-order valence-electron chi connectivity index (χ1n) is 10.7. The molecule has 0 atom stereocenters. The third-order valence-corrected chi connectivity index (χ3v) is 5.53. The highest BCUT2D eigenvalue weighted by Crippen LogP contribution is 2.28. The molecule has 162 valence electrons. The van der Waals surface area contributed by atoms with E-state index >= 15 is 0 Å². The van der Waals surface area contributed by atoms with Gasteiger partial charge >= 0.3 is 6.09 Å². The summed E-state index contributed by atoms with van der Waals surface area (Å²) >= 11 is 0. The van der Waals surface area contributed by atoms with Gasteiger partial charge in [0.05, 0.1) is 30.4 Å². The number of anilines is 1. The molecule has 7 nitrogen and oxygen atoms in total. The fraction of sp³-hybridized carbons (Fsp3) is 0.458. The van der Waals surface area contributed by atoms with E-state index in [-0.39, 0.29) is 12.1 Å². The predicted molar refractivity (Wildman–Crippen MR) is 120 cm³/mol. The van der Waals surface area contributed by atoms with Crippen LogP contribution in [0.3, 0.4) is 0 Å². The van der Waals surface area contributed by atoms with E-state index in [1.807, 2.05) is 45.0 Å². The van der Waals surface area contributed by atoms with Crippen molar-refractivity contribution in [1.29, 1.82) is 5.26 Å². The first-order valence-corrected chi connectivity index (χ1v) is 10.7. The molecule has 0 saturated carbocycles. The van der Waals surface area contributed by atoms with E-state index in [1.54, 1.807) is 0 Å². The lowest BCUT2D eigenvalue weighted by molar-refractivity contribution is 0.0497. The number of amides is 1. The number of hydrogen-bond acceptors (Lipinski definition) is 6. The fourth-order valence-corrected chi connectivity index (χ4v) is 3.98. The van der Waals surface area contributed by atoms with Crippen molar-refractivity contribution in [3.8, 4) is 6.07 Å². The lowest BCUT2D eigenvalue weighted by atomic mass is 10.0. The summed E-state index contributed by atoms with van der Waals surface area (Å²) < 4.78 is 10.8. The number of carbonyl (C=O) groups excluding carboxylic acids is 1. The molecule has 7 heteroatoms. The number of aromatic nitrogens is 1. The maximum atomic E-state index is 12.0. The molecule has 3 heterocycles. The molecule has 2 aromatic rings. The average molecular weight is 421 g/mol. The number of fused-ring (bicyclic) bond motifs is 1. The molecule has 0 aliphatic carbocycles. The maximum Gasteiger partial charge on any atom is 0.407 e. The molecule has 4 rings (SSSR count). The first-order chi connectivity index (χ1) is 14.8. The van der Waals surface area contributed by atoms with Crippen LogP contribution in [0.25, 0.3) is 16.5 Å². The topological polar surface area (TPSA) is 87.5 Å². The molecule has 31 heavy (non-hydrogen) atoms. The summed E-state index contributed by atoms with van der Waals surface area (Å²) in [6.07, 6.45) is 3.30. The van der Waals surface area contributed by atoms with Gasteiger partial charge in [0.2, 0.25) is 0 Å². The van der Waals surface area contributed by atoms with Crippen molar-refractivity contribution < 1.29 is 14.3 Å². The summed E-state index contributed by atoms with van der Waals surface area (Å²) in [6.45, 7) is 8.32. The van der Waals surface area contributed by atoms with Gasteiger partial charge in [-0.3, -0.25) is 0 Å². The normalized spacial score (nSPS) is 17.4. The number of alkyl carbamates (subject to hydrolysis) is 1. The van der Waals surface area contributed by atoms with E-state index in [0.29, 0.717) is 18.8 Å². The van der Waals surface area contributed by atoms with Crippen molar-refractivity contribution in [1.82, 2.24) is 10.3 Å². The molecule has 1 N–H and O–H groups in total. The minimum atomic E-state index is -0.505. The molecule has 2 aliphatic heterocycles. The molecule has 1 amide bonds. The van der Waals surface area contributed by atoms with Crippen molar-refractivity contribution in [3.63, 3.8) is 0 Å². The molecule has 1 aromatic heterocycles. The molecular formula is C24H28N4O3. The molecule has 0 radical (unpaired) electrons. The van der Waals surface area contributed by atoms with Crippen LogP contribution < -0.4 is 10.2 Å². The van der Waals surface area contributed by atoms with E-state index in [2.05, 4.69) is 22.4 Å². The van der Waals surface area contributed by atoms with Gasteiger partial charge in [-0.05, 0) is 62.9 Å². The number of rotatable bonds is 3. The Balaban J connectivity index is 1.47. The minimum absolute atomic E-state index is 0.0754. The molecule has 0 unspecified atom stereocenters. The lowest BCUT2D eigenvalue weighted by Crippen LogP contribution is -2.46. The second-order valence-corrected chi connectivity index (χ2v) is 9.02. The lowest BCUT2D eigenvalue weighted by Gasteiger charge is -2.33. The van der Waals surface area contributed by atoms with Crippen LogP contribution in [-0.4, -0.2) is 49.0 Å². The number of carbonyl (C=O) groups is 1. The zero-order valence-corrected chi connectivity index (χ0v) is 18.3. The van der Waals surface area contributed by atoms with Crippen molar-refractivity contribution in [2.45, 2.75) is 45.3 Å². The second kappa shape index (κ2) is 8.56. The van der Waals surface area contributed by atoms with E-state index < -0.39 is 5.60 Å². The van der Waals surface area contributed by atoms with Gasteiger partial charge in [-0.1, -0.05) is 12.1 Å². The molecule has 0 bridgehead atoms. The summed E-state index contributed by atoms with van der Waals surface area (Å²) in [4.78, 5) is 19.0. The minimum Gasteiger partial charge on any atom is -0.444 e. The average Bonchev–Trinajstić information content (AvgIpc) is 3.26. The SMILES string of the molecule is CC(C)(C)OC(=O)NC1CCN(c2cc(C#N)c3cc(C4=CCOC4)ccc3n2)CC1. The Morgan fingerprint density at radius 2 is 2.06 bits per heavy atom. The number of hydrogen-bond donors (Lipinski definition) is 1. The van der Waals surface area contributed by atoms with Crippen molar-refractivity contribution in [2.24, 2.45) is 0 Å².